The molecule has 2 rings (SSSR count). The molecule has 1 saturated heterocycles. The molecule has 1 N–H and O–H groups in total. The van der Waals surface area contributed by atoms with Crippen LogP contribution in [0, 0.1) is 5.92 Å². The van der Waals surface area contributed by atoms with Crippen molar-refractivity contribution in [3.63, 3.8) is 0 Å². The van der Waals surface area contributed by atoms with Crippen molar-refractivity contribution in [3.8, 4) is 0 Å². The van der Waals surface area contributed by atoms with Crippen LogP contribution in [-0.4, -0.2) is 48.1 Å². The van der Waals surface area contributed by atoms with E-state index in [0.29, 0.717) is 38.5 Å². The first-order chi connectivity index (χ1) is 10.1. The van der Waals surface area contributed by atoms with Gasteiger partial charge in [0.05, 0.1) is 0 Å². The van der Waals surface area contributed by atoms with E-state index in [-0.39, 0.29) is 17.9 Å². The highest BCUT2D eigenvalue weighted by Gasteiger charge is 2.52. The second-order valence-electron chi connectivity index (χ2n) is 6.11. The molecular formula is C16H28N2O3. The third-order valence-electron chi connectivity index (χ3n) is 4.80. The van der Waals surface area contributed by atoms with Crippen LogP contribution in [0.3, 0.4) is 0 Å². The minimum Gasteiger partial charge on any atom is -0.382 e. The number of hydrogen-bond donors (Lipinski definition) is 1. The van der Waals surface area contributed by atoms with Crippen LogP contribution in [0.5, 0.6) is 0 Å². The number of carbonyl (C=O) groups excluding carboxylic acids is 2. The fraction of sp³-hybridized carbons (Fsp3) is 0.875. The fourth-order valence-electron chi connectivity index (χ4n) is 3.24. The van der Waals surface area contributed by atoms with Crippen molar-refractivity contribution < 1.29 is 14.3 Å². The van der Waals surface area contributed by atoms with Crippen molar-refractivity contribution in [1.82, 2.24) is 10.2 Å². The lowest BCUT2D eigenvalue weighted by Crippen LogP contribution is -2.70. The Morgan fingerprint density at radius 3 is 2.43 bits per heavy atom. The summed E-state index contributed by atoms with van der Waals surface area (Å²) in [5.41, 5.74) is -0.700. The summed E-state index contributed by atoms with van der Waals surface area (Å²) in [6.07, 6.45) is 4.19. The monoisotopic (exact) mass is 296 g/mol. The van der Waals surface area contributed by atoms with E-state index >= 15 is 0 Å². The van der Waals surface area contributed by atoms with Crippen LogP contribution < -0.4 is 5.32 Å². The number of nitrogens with one attached hydrogen (secondary N) is 1. The molecular weight excluding hydrogens is 268 g/mol. The Morgan fingerprint density at radius 2 is 1.90 bits per heavy atom. The molecule has 1 aliphatic heterocycles. The lowest BCUT2D eigenvalue weighted by atomic mass is 9.86. The SMILES string of the molecule is CCOCCCN1C(=O)C(CC)(CC)NC(=O)C1C1CC1. The van der Waals surface area contributed by atoms with E-state index in [1.54, 1.807) is 0 Å². The molecule has 0 aromatic rings. The molecule has 2 fully saturated rings. The summed E-state index contributed by atoms with van der Waals surface area (Å²) in [4.78, 5) is 27.3. The second kappa shape index (κ2) is 6.77. The lowest BCUT2D eigenvalue weighted by molar-refractivity contribution is -0.156. The van der Waals surface area contributed by atoms with Gasteiger partial charge in [-0.2, -0.15) is 0 Å². The van der Waals surface area contributed by atoms with Crippen LogP contribution in [0.25, 0.3) is 0 Å². The van der Waals surface area contributed by atoms with E-state index in [9.17, 15) is 9.59 Å². The number of carbonyl (C=O) groups is 2. The largest absolute Gasteiger partial charge is 0.382 e. The summed E-state index contributed by atoms with van der Waals surface area (Å²) in [6.45, 7) is 7.86. The molecule has 1 aliphatic carbocycles. The number of hydrogen-bond acceptors (Lipinski definition) is 3. The van der Waals surface area contributed by atoms with E-state index in [1.807, 2.05) is 25.7 Å². The molecule has 0 aromatic carbocycles. The zero-order valence-electron chi connectivity index (χ0n) is 13.5. The van der Waals surface area contributed by atoms with Crippen molar-refractivity contribution in [2.24, 2.45) is 5.92 Å². The van der Waals surface area contributed by atoms with Crippen molar-refractivity contribution in [2.45, 2.75) is 64.5 Å². The van der Waals surface area contributed by atoms with Gasteiger partial charge in [0.15, 0.2) is 0 Å². The first-order valence-corrected chi connectivity index (χ1v) is 8.30. The highest BCUT2D eigenvalue weighted by atomic mass is 16.5. The first kappa shape index (κ1) is 16.3. The first-order valence-electron chi connectivity index (χ1n) is 8.30. The third kappa shape index (κ3) is 3.23. The highest BCUT2D eigenvalue weighted by molar-refractivity contribution is 6.00. The Labute approximate surface area is 127 Å². The highest BCUT2D eigenvalue weighted by Crippen LogP contribution is 2.39. The van der Waals surface area contributed by atoms with Gasteiger partial charge in [0.25, 0.3) is 0 Å². The molecule has 1 saturated carbocycles. The third-order valence-corrected chi connectivity index (χ3v) is 4.80. The number of piperazine rings is 1. The molecule has 120 valence electrons. The maximum absolute atomic E-state index is 12.9. The second-order valence-corrected chi connectivity index (χ2v) is 6.11. The summed E-state index contributed by atoms with van der Waals surface area (Å²) in [6, 6.07) is -0.259. The van der Waals surface area contributed by atoms with Crippen molar-refractivity contribution in [1.29, 1.82) is 0 Å². The molecule has 2 aliphatic rings. The van der Waals surface area contributed by atoms with E-state index in [0.717, 1.165) is 19.3 Å². The summed E-state index contributed by atoms with van der Waals surface area (Å²) >= 11 is 0. The smallest absolute Gasteiger partial charge is 0.248 e. The maximum Gasteiger partial charge on any atom is 0.248 e. The Morgan fingerprint density at radius 1 is 1.24 bits per heavy atom. The molecule has 0 aromatic heterocycles. The Balaban J connectivity index is 2.12. The van der Waals surface area contributed by atoms with E-state index in [4.69, 9.17) is 4.74 Å². The van der Waals surface area contributed by atoms with Crippen molar-refractivity contribution in [2.75, 3.05) is 19.8 Å². The summed E-state index contributed by atoms with van der Waals surface area (Å²) in [5, 5.41) is 3.02. The predicted molar refractivity (Wildman–Crippen MR) is 80.8 cm³/mol. The number of nitrogens with zero attached hydrogens (tertiary/aromatic N) is 1. The van der Waals surface area contributed by atoms with Crippen LogP contribution in [0.4, 0.5) is 0 Å². The zero-order valence-corrected chi connectivity index (χ0v) is 13.5. The zero-order chi connectivity index (χ0) is 15.5. The fourth-order valence-corrected chi connectivity index (χ4v) is 3.24. The van der Waals surface area contributed by atoms with Gasteiger partial charge in [-0.3, -0.25) is 9.59 Å². The number of ether oxygens (including phenoxy) is 1. The molecule has 1 heterocycles. The van der Waals surface area contributed by atoms with Crippen molar-refractivity contribution >= 4 is 11.8 Å². The van der Waals surface area contributed by atoms with Crippen LogP contribution in [0.2, 0.25) is 0 Å². The van der Waals surface area contributed by atoms with Gasteiger partial charge in [-0.25, -0.2) is 0 Å². The van der Waals surface area contributed by atoms with Crippen LogP contribution >= 0.6 is 0 Å². The van der Waals surface area contributed by atoms with E-state index in [1.165, 1.54) is 0 Å². The molecule has 0 bridgehead atoms. The van der Waals surface area contributed by atoms with Gasteiger partial charge in [-0.1, -0.05) is 13.8 Å². The van der Waals surface area contributed by atoms with E-state index < -0.39 is 5.54 Å². The minimum absolute atomic E-state index is 0.0391. The topological polar surface area (TPSA) is 58.6 Å². The standard InChI is InChI=1S/C16H28N2O3/c1-4-16(5-2)15(20)18(10-7-11-21-6-3)13(12-8-9-12)14(19)17-16/h12-13H,4-11H2,1-3H3,(H,17,19). The van der Waals surface area contributed by atoms with Gasteiger partial charge in [0.2, 0.25) is 11.8 Å². The van der Waals surface area contributed by atoms with Gasteiger partial charge in [0, 0.05) is 19.8 Å². The molecule has 0 radical (unpaired) electrons. The van der Waals surface area contributed by atoms with Gasteiger partial charge < -0.3 is 15.0 Å². The molecule has 1 unspecified atom stereocenters. The summed E-state index contributed by atoms with van der Waals surface area (Å²) in [7, 11) is 0. The molecule has 21 heavy (non-hydrogen) atoms. The molecule has 5 nitrogen and oxygen atoms in total. The number of amides is 2. The van der Waals surface area contributed by atoms with Crippen molar-refractivity contribution in [3.05, 3.63) is 0 Å². The minimum atomic E-state index is -0.700. The molecule has 1 atom stereocenters. The Bertz CT molecular complexity index is 389. The Hall–Kier alpha value is -1.10. The summed E-state index contributed by atoms with van der Waals surface area (Å²) < 4.78 is 5.36. The van der Waals surface area contributed by atoms with Gasteiger partial charge >= 0.3 is 0 Å². The lowest BCUT2D eigenvalue weighted by Gasteiger charge is -2.45. The molecule has 5 heteroatoms. The quantitative estimate of drug-likeness (QED) is 0.694. The van der Waals surface area contributed by atoms with Gasteiger partial charge in [-0.05, 0) is 44.9 Å². The van der Waals surface area contributed by atoms with Crippen LogP contribution in [0.15, 0.2) is 0 Å². The molecule has 0 spiro atoms. The predicted octanol–water partition coefficient (Wildman–Crippen LogP) is 1.71. The summed E-state index contributed by atoms with van der Waals surface area (Å²) in [5.74, 6) is 0.491. The van der Waals surface area contributed by atoms with Crippen LogP contribution in [0.1, 0.15) is 52.9 Å². The maximum atomic E-state index is 12.9. The average Bonchev–Trinajstić information content (AvgIpc) is 3.31. The molecule has 2 amide bonds. The van der Waals surface area contributed by atoms with Crippen LogP contribution in [-0.2, 0) is 14.3 Å². The van der Waals surface area contributed by atoms with E-state index in [2.05, 4.69) is 5.32 Å². The van der Waals surface area contributed by atoms with Gasteiger partial charge in [0.1, 0.15) is 11.6 Å². The number of rotatable bonds is 8. The normalized spacial score (nSPS) is 25.1. The average molecular weight is 296 g/mol. The Kier molecular flexibility index (Phi) is 5.25. The van der Waals surface area contributed by atoms with Gasteiger partial charge in [-0.15, -0.1) is 0 Å².